The van der Waals surface area contributed by atoms with Gasteiger partial charge in [0.25, 0.3) is 0 Å². The van der Waals surface area contributed by atoms with Gasteiger partial charge >= 0.3 is 0 Å². The molecule has 4 aliphatic rings. The Morgan fingerprint density at radius 1 is 0.923 bits per heavy atom. The highest BCUT2D eigenvalue weighted by Crippen LogP contribution is 2.54. The van der Waals surface area contributed by atoms with Crippen molar-refractivity contribution in [3.63, 3.8) is 0 Å². The van der Waals surface area contributed by atoms with E-state index in [-0.39, 0.29) is 5.25 Å². The minimum absolute atomic E-state index is 0.0211. The van der Waals surface area contributed by atoms with Crippen molar-refractivity contribution in [1.82, 2.24) is 0 Å². The zero-order chi connectivity index (χ0) is 9.00. The van der Waals surface area contributed by atoms with Gasteiger partial charge in [-0.15, -0.1) is 0 Å². The second-order valence-electron chi connectivity index (χ2n) is 5.16. The lowest BCUT2D eigenvalue weighted by atomic mass is 9.56. The molecule has 0 radical (unpaired) electrons. The van der Waals surface area contributed by atoms with E-state index in [1.54, 1.807) is 0 Å². The van der Waals surface area contributed by atoms with Gasteiger partial charge in [-0.25, -0.2) is 0 Å². The molecule has 4 saturated carbocycles. The highest BCUT2D eigenvalue weighted by Gasteiger charge is 2.48. The molecule has 1 atom stereocenters. The van der Waals surface area contributed by atoms with Gasteiger partial charge in [0.05, 0.1) is 0 Å². The van der Waals surface area contributed by atoms with E-state index in [4.69, 9.17) is 0 Å². The summed E-state index contributed by atoms with van der Waals surface area (Å²) in [6.45, 7) is 0. The third-order valence-electron chi connectivity index (χ3n) is 4.36. The monoisotopic (exact) mass is 199 g/mol. The van der Waals surface area contributed by atoms with E-state index in [1.165, 1.54) is 32.1 Å². The fraction of sp³-hybridized carbons (Fsp3) is 1.00. The van der Waals surface area contributed by atoms with Crippen molar-refractivity contribution in [2.24, 2.45) is 23.7 Å². The minimum atomic E-state index is -1.81. The van der Waals surface area contributed by atoms with Crippen LogP contribution in [0.4, 0.5) is 0 Å². The summed E-state index contributed by atoms with van der Waals surface area (Å²) in [6.07, 6.45) is 6.19. The Bertz CT molecular complexity index is 223. The molecule has 4 rings (SSSR count). The maximum absolute atomic E-state index is 11.1. The Morgan fingerprint density at radius 2 is 1.38 bits per heavy atom. The highest BCUT2D eigenvalue weighted by atomic mass is 32.2. The molecule has 2 nitrogen and oxygen atoms in total. The molecule has 0 aromatic heterocycles. The van der Waals surface area contributed by atoms with Crippen molar-refractivity contribution >= 4 is 11.1 Å². The first-order chi connectivity index (χ1) is 6.24. The molecule has 4 bridgehead atoms. The fourth-order valence-electron chi connectivity index (χ4n) is 4.19. The van der Waals surface area contributed by atoms with Crippen LogP contribution in [-0.4, -0.2) is 14.0 Å². The second-order valence-corrected chi connectivity index (χ2v) is 6.22. The Hall–Kier alpha value is 0.110. The molecule has 1 unspecified atom stereocenters. The van der Waals surface area contributed by atoms with Gasteiger partial charge in [-0.3, -0.25) is 4.21 Å². The molecular formula is C10H15O2S-. The summed E-state index contributed by atoms with van der Waals surface area (Å²) in [7, 11) is 0. The summed E-state index contributed by atoms with van der Waals surface area (Å²) in [6, 6.07) is 0. The van der Waals surface area contributed by atoms with Gasteiger partial charge in [0, 0.05) is 5.25 Å². The van der Waals surface area contributed by atoms with Gasteiger partial charge in [0.15, 0.2) is 0 Å². The average molecular weight is 199 g/mol. The zero-order valence-corrected chi connectivity index (χ0v) is 8.46. The van der Waals surface area contributed by atoms with Gasteiger partial charge in [0.2, 0.25) is 0 Å². The SMILES string of the molecule is O=S([O-])C1C2CC3CC(C2)CC1C3. The van der Waals surface area contributed by atoms with Crippen LogP contribution in [-0.2, 0) is 11.1 Å². The van der Waals surface area contributed by atoms with Gasteiger partial charge in [0.1, 0.15) is 0 Å². The Balaban J connectivity index is 1.89. The summed E-state index contributed by atoms with van der Waals surface area (Å²) in [5.41, 5.74) is 0. The molecule has 3 heteroatoms. The summed E-state index contributed by atoms with van der Waals surface area (Å²) in [5.74, 6) is 2.80. The van der Waals surface area contributed by atoms with E-state index in [0.29, 0.717) is 11.8 Å². The van der Waals surface area contributed by atoms with E-state index in [0.717, 1.165) is 11.8 Å². The number of hydrogen-bond donors (Lipinski definition) is 0. The molecule has 0 aliphatic heterocycles. The van der Waals surface area contributed by atoms with Crippen molar-refractivity contribution in [3.8, 4) is 0 Å². The molecule has 0 heterocycles. The first kappa shape index (κ1) is 8.42. The topological polar surface area (TPSA) is 40.1 Å². The van der Waals surface area contributed by atoms with Gasteiger partial charge < -0.3 is 4.55 Å². The number of hydrogen-bond acceptors (Lipinski definition) is 2. The van der Waals surface area contributed by atoms with Crippen LogP contribution in [0.1, 0.15) is 32.1 Å². The predicted molar refractivity (Wildman–Crippen MR) is 49.8 cm³/mol. The lowest BCUT2D eigenvalue weighted by molar-refractivity contribution is 0.0232. The predicted octanol–water partition coefficient (Wildman–Crippen LogP) is 1.69. The van der Waals surface area contributed by atoms with Crippen LogP contribution in [0.2, 0.25) is 0 Å². The lowest BCUT2D eigenvalue weighted by Gasteiger charge is -2.54. The van der Waals surface area contributed by atoms with Gasteiger partial charge in [-0.2, -0.15) is 0 Å². The van der Waals surface area contributed by atoms with E-state index < -0.39 is 11.1 Å². The fourth-order valence-corrected chi connectivity index (χ4v) is 5.26. The minimum Gasteiger partial charge on any atom is -0.772 e. The lowest BCUT2D eigenvalue weighted by Crippen LogP contribution is -2.49. The Morgan fingerprint density at radius 3 is 1.77 bits per heavy atom. The largest absolute Gasteiger partial charge is 0.772 e. The van der Waals surface area contributed by atoms with Crippen LogP contribution >= 0.6 is 0 Å². The van der Waals surface area contributed by atoms with Crippen LogP contribution < -0.4 is 0 Å². The van der Waals surface area contributed by atoms with E-state index in [1.807, 2.05) is 0 Å². The van der Waals surface area contributed by atoms with Crippen LogP contribution in [0, 0.1) is 23.7 Å². The van der Waals surface area contributed by atoms with E-state index >= 15 is 0 Å². The third-order valence-corrected chi connectivity index (χ3v) is 5.58. The molecule has 0 amide bonds. The smallest absolute Gasteiger partial charge is 0.0272 e. The summed E-state index contributed by atoms with van der Waals surface area (Å²) < 4.78 is 22.2. The molecule has 0 saturated heterocycles. The van der Waals surface area contributed by atoms with E-state index in [2.05, 4.69) is 0 Å². The first-order valence-electron chi connectivity index (χ1n) is 5.32. The molecule has 4 aliphatic carbocycles. The van der Waals surface area contributed by atoms with Crippen molar-refractivity contribution in [2.75, 3.05) is 0 Å². The Kier molecular flexibility index (Phi) is 1.81. The maximum atomic E-state index is 11.1. The van der Waals surface area contributed by atoms with Crippen molar-refractivity contribution in [2.45, 2.75) is 37.4 Å². The molecule has 4 fully saturated rings. The average Bonchev–Trinajstić information content (AvgIpc) is 2.00. The van der Waals surface area contributed by atoms with Crippen molar-refractivity contribution in [1.29, 1.82) is 0 Å². The molecule has 13 heavy (non-hydrogen) atoms. The molecule has 0 spiro atoms. The number of rotatable bonds is 1. The summed E-state index contributed by atoms with van der Waals surface area (Å²) >= 11 is -1.81. The van der Waals surface area contributed by atoms with Gasteiger partial charge in [-0.1, -0.05) is 11.1 Å². The second kappa shape index (κ2) is 2.80. The third kappa shape index (κ3) is 1.20. The van der Waals surface area contributed by atoms with Crippen LogP contribution in [0.5, 0.6) is 0 Å². The molecular weight excluding hydrogens is 184 g/mol. The van der Waals surface area contributed by atoms with E-state index in [9.17, 15) is 8.76 Å². The highest BCUT2D eigenvalue weighted by molar-refractivity contribution is 7.79. The van der Waals surface area contributed by atoms with Crippen molar-refractivity contribution < 1.29 is 8.76 Å². The summed E-state index contributed by atoms with van der Waals surface area (Å²) in [4.78, 5) is 0. The zero-order valence-electron chi connectivity index (χ0n) is 7.65. The quantitative estimate of drug-likeness (QED) is 0.603. The van der Waals surface area contributed by atoms with Crippen LogP contribution in [0.3, 0.4) is 0 Å². The Labute approximate surface area is 81.4 Å². The summed E-state index contributed by atoms with van der Waals surface area (Å²) in [5, 5.41) is 0.0211. The standard InChI is InChI=1S/C10H16O2S/c11-13(12)10-8-2-6-1-7(4-8)5-9(10)3-6/h6-10H,1-5H2,(H,11,12)/p-1. The van der Waals surface area contributed by atoms with Crippen LogP contribution in [0.25, 0.3) is 0 Å². The van der Waals surface area contributed by atoms with Crippen LogP contribution in [0.15, 0.2) is 0 Å². The molecule has 0 N–H and O–H groups in total. The molecule has 0 aromatic carbocycles. The maximum Gasteiger partial charge on any atom is 0.0272 e. The normalized spacial score (nSPS) is 55.3. The van der Waals surface area contributed by atoms with Gasteiger partial charge in [-0.05, 0) is 55.8 Å². The first-order valence-corrected chi connectivity index (χ1v) is 6.46. The molecule has 74 valence electrons. The molecule has 0 aromatic rings. The van der Waals surface area contributed by atoms with Crippen molar-refractivity contribution in [3.05, 3.63) is 0 Å².